The third-order valence-electron chi connectivity index (χ3n) is 5.67. The van der Waals surface area contributed by atoms with Gasteiger partial charge in [-0.25, -0.2) is 0 Å². The standard InChI is InChI=1S/C22H24O10S2/c23-7-13-19(27)21(29)17(25)11(31-13)3-1-9-5-15-16(33-9)6-10(34-15)2-4-12-18(26)22(30)20(28)14(8-24)32-12/h5-6,11-14,17-30H,7-8H2. The number of hydrogen-bond donors (Lipinski definition) is 8. The molecule has 2 aliphatic heterocycles. The molecule has 0 aromatic carbocycles. The lowest BCUT2D eigenvalue weighted by atomic mass is 9.95. The van der Waals surface area contributed by atoms with E-state index in [0.29, 0.717) is 9.75 Å². The van der Waals surface area contributed by atoms with E-state index in [-0.39, 0.29) is 0 Å². The van der Waals surface area contributed by atoms with Gasteiger partial charge in [-0.1, -0.05) is 23.7 Å². The number of ether oxygens (including phenoxy) is 2. The van der Waals surface area contributed by atoms with Gasteiger partial charge >= 0.3 is 0 Å². The molecule has 0 bridgehead atoms. The van der Waals surface area contributed by atoms with E-state index in [0.717, 1.165) is 9.40 Å². The first-order valence-electron chi connectivity index (χ1n) is 10.4. The molecule has 2 fully saturated rings. The topological polar surface area (TPSA) is 180 Å². The van der Waals surface area contributed by atoms with Gasteiger partial charge in [-0.2, -0.15) is 0 Å². The van der Waals surface area contributed by atoms with Crippen LogP contribution in [0.5, 0.6) is 0 Å². The molecule has 12 heteroatoms. The molecule has 8 N–H and O–H groups in total. The highest BCUT2D eigenvalue weighted by atomic mass is 32.1. The van der Waals surface area contributed by atoms with Gasteiger partial charge in [0, 0.05) is 9.40 Å². The van der Waals surface area contributed by atoms with E-state index in [4.69, 9.17) is 9.47 Å². The summed E-state index contributed by atoms with van der Waals surface area (Å²) < 4.78 is 12.5. The summed E-state index contributed by atoms with van der Waals surface area (Å²) in [5, 5.41) is 78.1. The molecule has 4 heterocycles. The normalized spacial score (nSPS) is 38.1. The van der Waals surface area contributed by atoms with E-state index in [1.807, 2.05) is 12.1 Å². The van der Waals surface area contributed by atoms with Crippen molar-refractivity contribution in [3.63, 3.8) is 0 Å². The van der Waals surface area contributed by atoms with Gasteiger partial charge in [-0.15, -0.1) is 22.7 Å². The van der Waals surface area contributed by atoms with Gasteiger partial charge in [0.15, 0.2) is 0 Å². The lowest BCUT2D eigenvalue weighted by Crippen LogP contribution is -2.58. The van der Waals surface area contributed by atoms with E-state index in [2.05, 4.69) is 23.7 Å². The highest BCUT2D eigenvalue weighted by Crippen LogP contribution is 2.33. The summed E-state index contributed by atoms with van der Waals surface area (Å²) >= 11 is 2.73. The second-order valence-corrected chi connectivity index (χ2v) is 10.2. The summed E-state index contributed by atoms with van der Waals surface area (Å²) in [5.41, 5.74) is 0. The predicted octanol–water partition coefficient (Wildman–Crippen LogP) is -2.65. The van der Waals surface area contributed by atoms with Crippen LogP contribution in [0.2, 0.25) is 0 Å². The zero-order valence-electron chi connectivity index (χ0n) is 17.6. The Morgan fingerprint density at radius 3 is 1.35 bits per heavy atom. The van der Waals surface area contributed by atoms with E-state index in [1.54, 1.807) is 0 Å². The van der Waals surface area contributed by atoms with E-state index in [1.165, 1.54) is 22.7 Å². The second-order valence-electron chi connectivity index (χ2n) is 7.99. The van der Waals surface area contributed by atoms with Gasteiger partial charge in [-0.3, -0.25) is 0 Å². The van der Waals surface area contributed by atoms with Crippen LogP contribution in [0.25, 0.3) is 9.40 Å². The highest BCUT2D eigenvalue weighted by molar-refractivity contribution is 7.28. The summed E-state index contributed by atoms with van der Waals surface area (Å²) in [7, 11) is 0. The van der Waals surface area contributed by atoms with Crippen molar-refractivity contribution in [1.29, 1.82) is 0 Å². The van der Waals surface area contributed by atoms with Crippen LogP contribution in [0.4, 0.5) is 0 Å². The predicted molar refractivity (Wildman–Crippen MR) is 121 cm³/mol. The minimum absolute atomic E-state index is 0.523. The van der Waals surface area contributed by atoms with E-state index in [9.17, 15) is 40.9 Å². The lowest BCUT2D eigenvalue weighted by Gasteiger charge is -2.37. The van der Waals surface area contributed by atoms with Crippen LogP contribution in [0, 0.1) is 23.7 Å². The Kier molecular flexibility index (Phi) is 7.91. The minimum Gasteiger partial charge on any atom is -0.394 e. The molecule has 4 rings (SSSR count). The molecule has 0 spiro atoms. The first-order valence-corrected chi connectivity index (χ1v) is 12.0. The Labute approximate surface area is 202 Å². The summed E-state index contributed by atoms with van der Waals surface area (Å²) in [6.45, 7) is -1.05. The summed E-state index contributed by atoms with van der Waals surface area (Å²) in [6.07, 6.45) is -12.9. The quantitative estimate of drug-likeness (QED) is 0.198. The molecule has 0 radical (unpaired) electrons. The highest BCUT2D eigenvalue weighted by Gasteiger charge is 2.43. The van der Waals surface area contributed by atoms with Crippen LogP contribution in [0.1, 0.15) is 9.75 Å². The van der Waals surface area contributed by atoms with Crippen molar-refractivity contribution in [3.8, 4) is 23.7 Å². The van der Waals surface area contributed by atoms with Gasteiger partial charge in [-0.05, 0) is 12.1 Å². The third kappa shape index (κ3) is 5.01. The molecule has 10 nitrogen and oxygen atoms in total. The molecular formula is C22H24O10S2. The Morgan fingerprint density at radius 1 is 0.618 bits per heavy atom. The van der Waals surface area contributed by atoms with E-state index >= 15 is 0 Å². The number of aliphatic hydroxyl groups excluding tert-OH is 8. The molecule has 0 amide bonds. The first-order chi connectivity index (χ1) is 16.2. The average Bonchev–Trinajstić information content (AvgIpc) is 3.38. The molecule has 0 aliphatic carbocycles. The largest absolute Gasteiger partial charge is 0.394 e. The number of rotatable bonds is 2. The maximum atomic E-state index is 10.1. The fraction of sp³-hybridized carbons (Fsp3) is 0.545. The Balaban J connectivity index is 1.47. The van der Waals surface area contributed by atoms with Crippen molar-refractivity contribution in [2.45, 2.75) is 61.0 Å². The van der Waals surface area contributed by atoms with Crippen LogP contribution < -0.4 is 0 Å². The van der Waals surface area contributed by atoms with Crippen molar-refractivity contribution in [3.05, 3.63) is 21.9 Å². The van der Waals surface area contributed by atoms with Crippen LogP contribution in [0.3, 0.4) is 0 Å². The van der Waals surface area contributed by atoms with Crippen molar-refractivity contribution >= 4 is 32.1 Å². The lowest BCUT2D eigenvalue weighted by molar-refractivity contribution is -0.214. The second kappa shape index (κ2) is 10.6. The number of thiophene rings is 2. The van der Waals surface area contributed by atoms with Gasteiger partial charge in [0.2, 0.25) is 0 Å². The monoisotopic (exact) mass is 512 g/mol. The molecular weight excluding hydrogens is 488 g/mol. The maximum Gasteiger partial charge on any atom is 0.147 e. The molecule has 2 aliphatic rings. The number of hydrogen-bond acceptors (Lipinski definition) is 12. The summed E-state index contributed by atoms with van der Waals surface area (Å²) in [4.78, 5) is 1.35. The molecule has 10 atom stereocenters. The fourth-order valence-electron chi connectivity index (χ4n) is 3.69. The fourth-order valence-corrected chi connectivity index (χ4v) is 5.80. The van der Waals surface area contributed by atoms with Crippen molar-refractivity contribution in [1.82, 2.24) is 0 Å². The molecule has 184 valence electrons. The third-order valence-corrected chi connectivity index (χ3v) is 7.79. The molecule has 0 saturated carbocycles. The molecule has 34 heavy (non-hydrogen) atoms. The van der Waals surface area contributed by atoms with Gasteiger partial charge in [0.1, 0.15) is 61.0 Å². The molecule has 2 saturated heterocycles. The van der Waals surface area contributed by atoms with Crippen molar-refractivity contribution < 1.29 is 50.3 Å². The Morgan fingerprint density at radius 2 is 1.00 bits per heavy atom. The number of fused-ring (bicyclic) bond motifs is 1. The van der Waals surface area contributed by atoms with Crippen LogP contribution in [-0.4, -0.2) is 115 Å². The van der Waals surface area contributed by atoms with Crippen molar-refractivity contribution in [2.75, 3.05) is 13.2 Å². The Bertz CT molecular complexity index is 1000. The summed E-state index contributed by atoms with van der Waals surface area (Å²) in [5.74, 6) is 11.2. The van der Waals surface area contributed by atoms with Gasteiger partial charge in [0.25, 0.3) is 0 Å². The molecule has 2 aromatic rings. The molecule has 10 unspecified atom stereocenters. The van der Waals surface area contributed by atoms with E-state index < -0.39 is 74.3 Å². The first kappa shape index (κ1) is 25.5. The zero-order valence-corrected chi connectivity index (χ0v) is 19.2. The maximum absolute atomic E-state index is 10.1. The number of aliphatic hydroxyl groups is 8. The summed E-state index contributed by atoms with van der Waals surface area (Å²) in [6, 6.07) is 3.64. The van der Waals surface area contributed by atoms with Crippen LogP contribution in [0.15, 0.2) is 12.1 Å². The SMILES string of the molecule is OCC1OC(C#Cc2cc3sc(C#CC4OC(CO)C(O)C(O)C4O)cc3s2)C(O)C(O)C1O. The molecule has 2 aromatic heterocycles. The van der Waals surface area contributed by atoms with Crippen LogP contribution in [-0.2, 0) is 9.47 Å². The van der Waals surface area contributed by atoms with Crippen LogP contribution >= 0.6 is 22.7 Å². The smallest absolute Gasteiger partial charge is 0.147 e. The van der Waals surface area contributed by atoms with Crippen molar-refractivity contribution in [2.24, 2.45) is 0 Å². The average molecular weight is 513 g/mol. The minimum atomic E-state index is -1.48. The zero-order chi connectivity index (χ0) is 24.6. The van der Waals surface area contributed by atoms with Gasteiger partial charge in [0.05, 0.1) is 23.0 Å². The van der Waals surface area contributed by atoms with Gasteiger partial charge < -0.3 is 50.3 Å². The Hall–Kier alpha value is -1.62.